The number of carbonyl (C=O) groups is 2. The normalized spacial score (nSPS) is 12.5. The third kappa shape index (κ3) is 5.21. The van der Waals surface area contributed by atoms with Crippen LogP contribution in [0.5, 0.6) is 5.75 Å². The van der Waals surface area contributed by atoms with Crippen LogP contribution in [0, 0.1) is 5.41 Å². The molecule has 0 aliphatic carbocycles. The highest BCUT2D eigenvalue weighted by molar-refractivity contribution is 6.01. The number of aryl methyl sites for hydroxylation is 1. The number of phenolic OH excluding ortho intramolecular Hbond substituents is 1. The molecule has 0 spiro atoms. The van der Waals surface area contributed by atoms with Crippen molar-refractivity contribution in [3.05, 3.63) is 71.9 Å². The SMILES string of the molecule is COC(=O)c1nc(C(NC(=O)CCc2ccc(O)cc2)C(C)(C)C)oc1-c1c[nH]c2ccccc12. The first-order chi connectivity index (χ1) is 16.7. The Bertz CT molecular complexity index is 1350. The molecule has 1 amide bonds. The fourth-order valence-electron chi connectivity index (χ4n) is 3.94. The van der Waals surface area contributed by atoms with E-state index >= 15 is 0 Å². The molecule has 2 aromatic heterocycles. The number of hydrogen-bond acceptors (Lipinski definition) is 6. The van der Waals surface area contributed by atoms with Gasteiger partial charge in [0.1, 0.15) is 11.8 Å². The molecule has 0 saturated heterocycles. The summed E-state index contributed by atoms with van der Waals surface area (Å²) in [6, 6.07) is 13.9. The molecular formula is C27H29N3O5. The number of rotatable bonds is 7. The highest BCUT2D eigenvalue weighted by Crippen LogP contribution is 2.38. The molecule has 0 saturated carbocycles. The van der Waals surface area contributed by atoms with Crippen LogP contribution in [-0.4, -0.2) is 34.1 Å². The van der Waals surface area contributed by atoms with Gasteiger partial charge in [0, 0.05) is 29.1 Å². The highest BCUT2D eigenvalue weighted by Gasteiger charge is 2.35. The number of para-hydroxylation sites is 1. The van der Waals surface area contributed by atoms with Crippen LogP contribution in [0.25, 0.3) is 22.2 Å². The van der Waals surface area contributed by atoms with Crippen molar-refractivity contribution in [2.24, 2.45) is 5.41 Å². The van der Waals surface area contributed by atoms with E-state index in [-0.39, 0.29) is 35.4 Å². The van der Waals surface area contributed by atoms with E-state index < -0.39 is 17.4 Å². The minimum Gasteiger partial charge on any atom is -0.508 e. The number of aromatic hydroxyl groups is 1. The molecule has 0 aliphatic heterocycles. The van der Waals surface area contributed by atoms with Gasteiger partial charge in [-0.2, -0.15) is 0 Å². The number of esters is 1. The summed E-state index contributed by atoms with van der Waals surface area (Å²) in [6.07, 6.45) is 2.53. The molecule has 2 aromatic carbocycles. The molecule has 4 rings (SSSR count). The molecular weight excluding hydrogens is 446 g/mol. The van der Waals surface area contributed by atoms with Crippen LogP contribution in [0.3, 0.4) is 0 Å². The van der Waals surface area contributed by atoms with Crippen molar-refractivity contribution in [1.82, 2.24) is 15.3 Å². The van der Waals surface area contributed by atoms with Gasteiger partial charge in [-0.25, -0.2) is 9.78 Å². The molecule has 8 heteroatoms. The van der Waals surface area contributed by atoms with E-state index in [0.29, 0.717) is 12.0 Å². The van der Waals surface area contributed by atoms with Gasteiger partial charge in [-0.1, -0.05) is 51.1 Å². The van der Waals surface area contributed by atoms with E-state index in [1.165, 1.54) is 7.11 Å². The maximum absolute atomic E-state index is 12.9. The van der Waals surface area contributed by atoms with E-state index in [1.807, 2.05) is 45.0 Å². The van der Waals surface area contributed by atoms with Crippen molar-refractivity contribution < 1.29 is 23.8 Å². The van der Waals surface area contributed by atoms with Crippen molar-refractivity contribution in [3.63, 3.8) is 0 Å². The molecule has 35 heavy (non-hydrogen) atoms. The molecule has 182 valence electrons. The predicted molar refractivity (Wildman–Crippen MR) is 132 cm³/mol. The smallest absolute Gasteiger partial charge is 0.360 e. The largest absolute Gasteiger partial charge is 0.508 e. The lowest BCUT2D eigenvalue weighted by molar-refractivity contribution is -0.122. The lowest BCUT2D eigenvalue weighted by Crippen LogP contribution is -2.37. The van der Waals surface area contributed by atoms with Gasteiger partial charge < -0.3 is 24.6 Å². The van der Waals surface area contributed by atoms with Gasteiger partial charge >= 0.3 is 5.97 Å². The number of benzene rings is 2. The second-order valence-electron chi connectivity index (χ2n) is 9.50. The Balaban J connectivity index is 1.64. The fraction of sp³-hybridized carbons (Fsp3) is 0.296. The number of ether oxygens (including phenoxy) is 1. The zero-order chi connectivity index (χ0) is 25.2. The Kier molecular flexibility index (Phi) is 6.64. The van der Waals surface area contributed by atoms with Crippen molar-refractivity contribution in [2.75, 3.05) is 7.11 Å². The van der Waals surface area contributed by atoms with Crippen molar-refractivity contribution in [1.29, 1.82) is 0 Å². The first-order valence-electron chi connectivity index (χ1n) is 11.4. The average molecular weight is 476 g/mol. The average Bonchev–Trinajstić information content (AvgIpc) is 3.45. The number of aromatic amines is 1. The molecule has 1 atom stereocenters. The number of carbonyl (C=O) groups excluding carboxylic acids is 2. The number of methoxy groups -OCH3 is 1. The zero-order valence-electron chi connectivity index (χ0n) is 20.2. The van der Waals surface area contributed by atoms with E-state index in [2.05, 4.69) is 15.3 Å². The molecule has 1 unspecified atom stereocenters. The molecule has 8 nitrogen and oxygen atoms in total. The number of nitrogens with zero attached hydrogens (tertiary/aromatic N) is 1. The number of amides is 1. The Morgan fingerprint density at radius 3 is 2.54 bits per heavy atom. The summed E-state index contributed by atoms with van der Waals surface area (Å²) in [5, 5.41) is 13.4. The summed E-state index contributed by atoms with van der Waals surface area (Å²) < 4.78 is 11.1. The monoisotopic (exact) mass is 475 g/mol. The quantitative estimate of drug-likeness (QED) is 0.318. The van der Waals surface area contributed by atoms with Crippen LogP contribution in [-0.2, 0) is 16.0 Å². The number of phenols is 1. The molecule has 2 heterocycles. The lowest BCUT2D eigenvalue weighted by Gasteiger charge is -2.29. The van der Waals surface area contributed by atoms with Crippen LogP contribution in [0.4, 0.5) is 0 Å². The van der Waals surface area contributed by atoms with Crippen LogP contribution in [0.15, 0.2) is 59.1 Å². The van der Waals surface area contributed by atoms with E-state index in [4.69, 9.17) is 9.15 Å². The minimum absolute atomic E-state index is 0.0554. The zero-order valence-corrected chi connectivity index (χ0v) is 20.2. The van der Waals surface area contributed by atoms with Gasteiger partial charge in [-0.3, -0.25) is 4.79 Å². The standard InChI is InChI=1S/C27H29N3O5/c1-27(2,3)24(29-21(32)14-11-16-9-12-17(31)13-10-16)25-30-22(26(33)34-4)23(35-25)19-15-28-20-8-6-5-7-18(19)20/h5-10,12-13,15,24,28,31H,11,14H2,1-4H3,(H,29,32). The fourth-order valence-corrected chi connectivity index (χ4v) is 3.94. The maximum Gasteiger partial charge on any atom is 0.360 e. The molecule has 0 bridgehead atoms. The third-order valence-corrected chi connectivity index (χ3v) is 5.85. The van der Waals surface area contributed by atoms with E-state index in [1.54, 1.807) is 30.5 Å². The Morgan fingerprint density at radius 1 is 1.14 bits per heavy atom. The number of fused-ring (bicyclic) bond motifs is 1. The topological polar surface area (TPSA) is 117 Å². The first kappa shape index (κ1) is 24.1. The lowest BCUT2D eigenvalue weighted by atomic mass is 9.86. The Morgan fingerprint density at radius 2 is 1.86 bits per heavy atom. The van der Waals surface area contributed by atoms with Gasteiger partial charge in [0.25, 0.3) is 0 Å². The second kappa shape index (κ2) is 9.66. The maximum atomic E-state index is 12.9. The summed E-state index contributed by atoms with van der Waals surface area (Å²) in [6.45, 7) is 5.89. The number of nitrogens with one attached hydrogen (secondary N) is 2. The molecule has 3 N–H and O–H groups in total. The second-order valence-corrected chi connectivity index (χ2v) is 9.50. The highest BCUT2D eigenvalue weighted by atomic mass is 16.5. The summed E-state index contributed by atoms with van der Waals surface area (Å²) in [7, 11) is 1.29. The molecule has 4 aromatic rings. The van der Waals surface area contributed by atoms with Crippen molar-refractivity contribution in [3.8, 4) is 17.1 Å². The van der Waals surface area contributed by atoms with Crippen molar-refractivity contribution >= 4 is 22.8 Å². The molecule has 0 radical (unpaired) electrons. The van der Waals surface area contributed by atoms with Gasteiger partial charge in [0.05, 0.1) is 7.11 Å². The van der Waals surface area contributed by atoms with Gasteiger partial charge in [-0.05, 0) is 35.6 Å². The summed E-state index contributed by atoms with van der Waals surface area (Å²) in [5.41, 5.74) is 2.12. The first-order valence-corrected chi connectivity index (χ1v) is 11.4. The third-order valence-electron chi connectivity index (χ3n) is 5.85. The van der Waals surface area contributed by atoms with Crippen LogP contribution >= 0.6 is 0 Å². The number of hydrogen-bond donors (Lipinski definition) is 3. The molecule has 0 aliphatic rings. The van der Waals surface area contributed by atoms with Crippen LogP contribution < -0.4 is 5.32 Å². The van der Waals surface area contributed by atoms with Crippen molar-refractivity contribution in [2.45, 2.75) is 39.7 Å². The van der Waals surface area contributed by atoms with Gasteiger partial charge in [-0.15, -0.1) is 0 Å². The minimum atomic E-state index is -0.619. The Hall–Kier alpha value is -4.07. The predicted octanol–water partition coefficient (Wildman–Crippen LogP) is 5.15. The number of aromatic nitrogens is 2. The van der Waals surface area contributed by atoms with Crippen LogP contribution in [0.2, 0.25) is 0 Å². The summed E-state index contributed by atoms with van der Waals surface area (Å²) in [5.74, 6) is -0.0913. The summed E-state index contributed by atoms with van der Waals surface area (Å²) >= 11 is 0. The summed E-state index contributed by atoms with van der Waals surface area (Å²) in [4.78, 5) is 33.1. The Labute approximate surface area is 203 Å². The van der Waals surface area contributed by atoms with E-state index in [9.17, 15) is 14.7 Å². The molecule has 0 fully saturated rings. The van der Waals surface area contributed by atoms with E-state index in [0.717, 1.165) is 16.5 Å². The van der Waals surface area contributed by atoms with Crippen LogP contribution in [0.1, 0.15) is 55.2 Å². The number of oxazole rings is 1. The van der Waals surface area contributed by atoms with Gasteiger partial charge in [0.2, 0.25) is 11.8 Å². The van der Waals surface area contributed by atoms with Gasteiger partial charge in [0.15, 0.2) is 11.5 Å². The number of H-pyrrole nitrogens is 1.